The summed E-state index contributed by atoms with van der Waals surface area (Å²) < 4.78 is 11.1. The van der Waals surface area contributed by atoms with Gasteiger partial charge in [0.05, 0.1) is 37.6 Å². The summed E-state index contributed by atoms with van der Waals surface area (Å²) in [6.07, 6.45) is 0. The summed E-state index contributed by atoms with van der Waals surface area (Å²) >= 11 is 0. The molecule has 1 fully saturated rings. The second-order valence-electron chi connectivity index (χ2n) is 7.18. The number of benzene rings is 2. The van der Waals surface area contributed by atoms with Crippen LogP contribution in [0, 0.1) is 6.92 Å². The van der Waals surface area contributed by atoms with Crippen molar-refractivity contribution in [2.75, 3.05) is 37.8 Å². The number of nitrogens with zero attached hydrogens (tertiary/aromatic N) is 3. The maximum absolute atomic E-state index is 13.1. The number of nitrogens with one attached hydrogen (secondary N) is 1. The Labute approximate surface area is 176 Å². The zero-order chi connectivity index (χ0) is 20.9. The third-order valence-corrected chi connectivity index (χ3v) is 5.04. The van der Waals surface area contributed by atoms with Gasteiger partial charge in [0.1, 0.15) is 5.75 Å². The Morgan fingerprint density at radius 3 is 2.77 bits per heavy atom. The molecule has 1 aromatic heterocycles. The third-order valence-electron chi connectivity index (χ3n) is 5.04. The van der Waals surface area contributed by atoms with Crippen LogP contribution < -0.4 is 15.0 Å². The average molecular weight is 406 g/mol. The molecule has 156 valence electrons. The molecular weight excluding hydrogens is 380 g/mol. The van der Waals surface area contributed by atoms with E-state index >= 15 is 0 Å². The number of morpholine rings is 1. The molecule has 4 rings (SSSR count). The van der Waals surface area contributed by atoms with Gasteiger partial charge in [-0.3, -0.25) is 4.79 Å². The van der Waals surface area contributed by atoms with Crippen LogP contribution in [0.15, 0.2) is 42.5 Å². The monoisotopic (exact) mass is 406 g/mol. The minimum Gasteiger partial charge on any atom is -0.493 e. The molecule has 0 atom stereocenters. The van der Waals surface area contributed by atoms with E-state index in [-0.39, 0.29) is 5.91 Å². The molecule has 1 saturated heterocycles. The highest BCUT2D eigenvalue weighted by Gasteiger charge is 2.18. The number of amides is 1. The smallest absolute Gasteiger partial charge is 0.256 e. The van der Waals surface area contributed by atoms with E-state index in [1.165, 1.54) is 0 Å². The van der Waals surface area contributed by atoms with Gasteiger partial charge in [-0.05, 0) is 36.8 Å². The second kappa shape index (κ2) is 9.09. The van der Waals surface area contributed by atoms with Gasteiger partial charge in [-0.2, -0.15) is 0 Å². The number of rotatable bonds is 6. The number of aryl methyl sites for hydroxylation is 1. The SMILES string of the molecule is CCOc1ccc2ccccc2c1C(=O)NCc1cc(C)nc(N2CCOCC2)n1. The van der Waals surface area contributed by atoms with Gasteiger partial charge in [-0.1, -0.05) is 30.3 Å². The number of fused-ring (bicyclic) bond motifs is 1. The topological polar surface area (TPSA) is 76.6 Å². The molecule has 3 aromatic rings. The highest BCUT2D eigenvalue weighted by atomic mass is 16.5. The molecule has 1 N–H and O–H groups in total. The van der Waals surface area contributed by atoms with Gasteiger partial charge in [0, 0.05) is 18.8 Å². The van der Waals surface area contributed by atoms with Crippen molar-refractivity contribution in [3.8, 4) is 5.75 Å². The molecule has 1 aliphatic rings. The van der Waals surface area contributed by atoms with Crippen molar-refractivity contribution in [1.29, 1.82) is 0 Å². The number of carbonyl (C=O) groups excluding carboxylic acids is 1. The Balaban J connectivity index is 1.57. The normalized spacial score (nSPS) is 14.0. The molecule has 0 bridgehead atoms. The Morgan fingerprint density at radius 2 is 1.97 bits per heavy atom. The fraction of sp³-hybridized carbons (Fsp3) is 0.348. The van der Waals surface area contributed by atoms with E-state index in [1.807, 2.05) is 56.3 Å². The average Bonchev–Trinajstić information content (AvgIpc) is 2.78. The summed E-state index contributed by atoms with van der Waals surface area (Å²) in [5.74, 6) is 1.09. The van der Waals surface area contributed by atoms with Crippen molar-refractivity contribution >= 4 is 22.6 Å². The lowest BCUT2D eigenvalue weighted by Crippen LogP contribution is -2.37. The van der Waals surface area contributed by atoms with Gasteiger partial charge in [0.25, 0.3) is 5.91 Å². The van der Waals surface area contributed by atoms with Crippen LogP contribution >= 0.6 is 0 Å². The first kappa shape index (κ1) is 20.1. The lowest BCUT2D eigenvalue weighted by molar-refractivity contribution is 0.0948. The summed E-state index contributed by atoms with van der Waals surface area (Å²) in [6, 6.07) is 13.5. The maximum atomic E-state index is 13.1. The van der Waals surface area contributed by atoms with Crippen molar-refractivity contribution in [2.24, 2.45) is 0 Å². The van der Waals surface area contributed by atoms with Crippen LogP contribution in [0.2, 0.25) is 0 Å². The summed E-state index contributed by atoms with van der Waals surface area (Å²) in [4.78, 5) is 24.5. The van der Waals surface area contributed by atoms with Crippen molar-refractivity contribution in [1.82, 2.24) is 15.3 Å². The van der Waals surface area contributed by atoms with E-state index in [1.54, 1.807) is 0 Å². The van der Waals surface area contributed by atoms with Crippen LogP contribution in [-0.4, -0.2) is 48.8 Å². The van der Waals surface area contributed by atoms with Crippen LogP contribution in [-0.2, 0) is 11.3 Å². The van der Waals surface area contributed by atoms with Crippen LogP contribution in [0.25, 0.3) is 10.8 Å². The Morgan fingerprint density at radius 1 is 1.17 bits per heavy atom. The first-order valence-corrected chi connectivity index (χ1v) is 10.3. The molecule has 0 aliphatic carbocycles. The highest BCUT2D eigenvalue weighted by Crippen LogP contribution is 2.28. The fourth-order valence-electron chi connectivity index (χ4n) is 3.63. The Hall–Kier alpha value is -3.19. The summed E-state index contributed by atoms with van der Waals surface area (Å²) in [5.41, 5.74) is 2.19. The van der Waals surface area contributed by atoms with E-state index in [4.69, 9.17) is 9.47 Å². The molecule has 7 heteroatoms. The summed E-state index contributed by atoms with van der Waals surface area (Å²) in [5, 5.41) is 4.88. The van der Waals surface area contributed by atoms with Crippen LogP contribution in [0.4, 0.5) is 5.95 Å². The molecule has 2 heterocycles. The number of carbonyl (C=O) groups is 1. The molecule has 2 aromatic carbocycles. The number of aromatic nitrogens is 2. The molecule has 0 radical (unpaired) electrons. The largest absolute Gasteiger partial charge is 0.493 e. The molecule has 1 amide bonds. The van der Waals surface area contributed by atoms with Crippen LogP contribution in [0.5, 0.6) is 5.75 Å². The van der Waals surface area contributed by atoms with Crippen molar-refractivity contribution < 1.29 is 14.3 Å². The minimum absolute atomic E-state index is 0.181. The molecule has 7 nitrogen and oxygen atoms in total. The Kier molecular flexibility index (Phi) is 6.09. The number of ether oxygens (including phenoxy) is 2. The van der Waals surface area contributed by atoms with Crippen LogP contribution in [0.1, 0.15) is 28.7 Å². The van der Waals surface area contributed by atoms with Gasteiger partial charge in [0.15, 0.2) is 0 Å². The zero-order valence-electron chi connectivity index (χ0n) is 17.4. The molecule has 30 heavy (non-hydrogen) atoms. The Bertz CT molecular complexity index is 1050. The lowest BCUT2D eigenvalue weighted by Gasteiger charge is -2.27. The van der Waals surface area contributed by atoms with Gasteiger partial charge < -0.3 is 19.7 Å². The van der Waals surface area contributed by atoms with Gasteiger partial charge in [0.2, 0.25) is 5.95 Å². The maximum Gasteiger partial charge on any atom is 0.256 e. The van der Waals surface area contributed by atoms with Crippen molar-refractivity contribution in [2.45, 2.75) is 20.4 Å². The third kappa shape index (κ3) is 4.36. The summed E-state index contributed by atoms with van der Waals surface area (Å²) in [7, 11) is 0. The first-order chi connectivity index (χ1) is 14.7. The van der Waals surface area contributed by atoms with E-state index in [0.29, 0.717) is 43.6 Å². The van der Waals surface area contributed by atoms with Gasteiger partial charge >= 0.3 is 0 Å². The molecule has 0 spiro atoms. The standard InChI is InChI=1S/C23H26N4O3/c1-3-30-20-9-8-17-6-4-5-7-19(17)21(20)22(28)24-15-18-14-16(2)25-23(26-18)27-10-12-29-13-11-27/h4-9,14H,3,10-13,15H2,1-2H3,(H,24,28). The van der Waals surface area contributed by atoms with E-state index in [9.17, 15) is 4.79 Å². The highest BCUT2D eigenvalue weighted by molar-refractivity contribution is 6.09. The van der Waals surface area contributed by atoms with E-state index < -0.39 is 0 Å². The second-order valence-corrected chi connectivity index (χ2v) is 7.18. The number of hydrogen-bond acceptors (Lipinski definition) is 6. The summed E-state index contributed by atoms with van der Waals surface area (Å²) in [6.45, 7) is 7.53. The molecular formula is C23H26N4O3. The number of anilines is 1. The van der Waals surface area contributed by atoms with Crippen molar-refractivity contribution in [3.63, 3.8) is 0 Å². The van der Waals surface area contributed by atoms with E-state index in [0.717, 1.165) is 35.2 Å². The first-order valence-electron chi connectivity index (χ1n) is 10.3. The van der Waals surface area contributed by atoms with Gasteiger partial charge in [-0.25, -0.2) is 9.97 Å². The van der Waals surface area contributed by atoms with E-state index in [2.05, 4.69) is 20.2 Å². The predicted octanol–water partition coefficient (Wildman–Crippen LogP) is 3.10. The zero-order valence-corrected chi connectivity index (χ0v) is 17.4. The predicted molar refractivity (Wildman–Crippen MR) is 116 cm³/mol. The lowest BCUT2D eigenvalue weighted by atomic mass is 10.0. The number of hydrogen-bond donors (Lipinski definition) is 1. The molecule has 0 unspecified atom stereocenters. The fourth-order valence-corrected chi connectivity index (χ4v) is 3.63. The van der Waals surface area contributed by atoms with Crippen LogP contribution in [0.3, 0.4) is 0 Å². The van der Waals surface area contributed by atoms with Crippen molar-refractivity contribution in [3.05, 3.63) is 59.4 Å². The molecule has 0 saturated carbocycles. The molecule has 1 aliphatic heterocycles. The minimum atomic E-state index is -0.181. The van der Waals surface area contributed by atoms with Gasteiger partial charge in [-0.15, -0.1) is 0 Å². The quantitative estimate of drug-likeness (QED) is 0.678.